The molecule has 5 rings (SSSR count). The molecule has 0 radical (unpaired) electrons. The molecule has 2 aliphatic rings. The molecule has 188 valence electrons. The van der Waals surface area contributed by atoms with Gasteiger partial charge in [0.25, 0.3) is 0 Å². The summed E-state index contributed by atoms with van der Waals surface area (Å²) in [6.45, 7) is 1.10. The minimum atomic E-state index is -0.236. The van der Waals surface area contributed by atoms with Gasteiger partial charge < -0.3 is 9.47 Å². The molecular weight excluding hydrogens is 451 g/mol. The molecule has 0 amide bonds. The average molecular weight is 487 g/mol. The van der Waals surface area contributed by atoms with Crippen LogP contribution in [0.4, 0.5) is 4.39 Å². The minimum Gasteiger partial charge on any atom is -0.493 e. The van der Waals surface area contributed by atoms with Gasteiger partial charge in [-0.2, -0.15) is 0 Å². The highest BCUT2D eigenvalue weighted by atomic mass is 19.1. The summed E-state index contributed by atoms with van der Waals surface area (Å²) in [5.41, 5.74) is 3.06. The Balaban J connectivity index is 1.13. The van der Waals surface area contributed by atoms with Gasteiger partial charge in [0.1, 0.15) is 23.9 Å². The van der Waals surface area contributed by atoms with Gasteiger partial charge in [-0.25, -0.2) is 4.39 Å². The Hall–Kier alpha value is -3.14. The second-order valence-electron chi connectivity index (χ2n) is 10.4. The Labute approximate surface area is 213 Å². The number of ether oxygens (including phenoxy) is 2. The molecule has 2 fully saturated rings. The quantitative estimate of drug-likeness (QED) is 0.257. The highest BCUT2D eigenvalue weighted by molar-refractivity contribution is 5.96. The summed E-state index contributed by atoms with van der Waals surface area (Å²) in [4.78, 5) is 12.4. The molecule has 2 aliphatic carbocycles. The van der Waals surface area contributed by atoms with Crippen molar-refractivity contribution in [1.82, 2.24) is 0 Å². The molecule has 0 spiro atoms. The first-order valence-electron chi connectivity index (χ1n) is 13.4. The summed E-state index contributed by atoms with van der Waals surface area (Å²) in [6.07, 6.45) is 9.06. The SMILES string of the molecule is O=C(CCC1CC1)c1ccc(OC[C@@H]2CCCC[C@H]2c2ccc(OCc3ccc(F)cc3)cc2)cc1. The van der Waals surface area contributed by atoms with Gasteiger partial charge in [-0.15, -0.1) is 0 Å². The summed E-state index contributed by atoms with van der Waals surface area (Å²) >= 11 is 0. The van der Waals surface area contributed by atoms with Crippen molar-refractivity contribution in [2.24, 2.45) is 11.8 Å². The number of ketones is 1. The fourth-order valence-corrected chi connectivity index (χ4v) is 5.23. The maximum Gasteiger partial charge on any atom is 0.162 e. The molecule has 36 heavy (non-hydrogen) atoms. The summed E-state index contributed by atoms with van der Waals surface area (Å²) in [5.74, 6) is 3.37. The molecule has 0 unspecified atom stereocenters. The van der Waals surface area contributed by atoms with Gasteiger partial charge >= 0.3 is 0 Å². The molecule has 3 nitrogen and oxygen atoms in total. The molecule has 4 heteroatoms. The van der Waals surface area contributed by atoms with Crippen molar-refractivity contribution in [2.45, 2.75) is 63.9 Å². The Morgan fingerprint density at radius 3 is 2.17 bits per heavy atom. The van der Waals surface area contributed by atoms with E-state index in [0.29, 0.717) is 31.5 Å². The average Bonchev–Trinajstić information content (AvgIpc) is 3.76. The van der Waals surface area contributed by atoms with Crippen molar-refractivity contribution in [1.29, 1.82) is 0 Å². The number of carbonyl (C=O) groups is 1. The standard InChI is InChI=1S/C32H35FO3/c33-28-14-7-24(8-15-28)21-35-29-16-10-25(11-17-29)31-4-2-1-3-27(31)22-36-30-18-12-26(13-19-30)32(34)20-9-23-5-6-23/h7-8,10-19,23,27,31H,1-6,9,20-22H2/t27-,31-/m0/s1. The molecule has 0 N–H and O–H groups in total. The van der Waals surface area contributed by atoms with Crippen LogP contribution in [0.25, 0.3) is 0 Å². The van der Waals surface area contributed by atoms with Crippen LogP contribution in [0.15, 0.2) is 72.8 Å². The number of halogens is 1. The molecule has 0 bridgehead atoms. The molecule has 0 heterocycles. The fraction of sp³-hybridized carbons (Fsp3) is 0.406. The summed E-state index contributed by atoms with van der Waals surface area (Å²) in [6, 6.07) is 22.5. The first-order valence-corrected chi connectivity index (χ1v) is 13.4. The van der Waals surface area contributed by atoms with Gasteiger partial charge in [0.05, 0.1) is 6.61 Å². The zero-order chi connectivity index (χ0) is 24.7. The monoisotopic (exact) mass is 486 g/mol. The second-order valence-corrected chi connectivity index (χ2v) is 10.4. The maximum atomic E-state index is 13.1. The van der Waals surface area contributed by atoms with Crippen LogP contribution < -0.4 is 9.47 Å². The van der Waals surface area contributed by atoms with E-state index < -0.39 is 0 Å². The topological polar surface area (TPSA) is 35.5 Å². The van der Waals surface area contributed by atoms with Gasteiger partial charge in [0, 0.05) is 12.0 Å². The van der Waals surface area contributed by atoms with Crippen LogP contribution in [-0.2, 0) is 6.61 Å². The predicted molar refractivity (Wildman–Crippen MR) is 140 cm³/mol. The normalized spacial score (nSPS) is 19.6. The van der Waals surface area contributed by atoms with E-state index in [9.17, 15) is 9.18 Å². The Morgan fingerprint density at radius 2 is 1.44 bits per heavy atom. The first kappa shape index (κ1) is 24.5. The van der Waals surface area contributed by atoms with Crippen LogP contribution in [-0.4, -0.2) is 12.4 Å². The summed E-state index contributed by atoms with van der Waals surface area (Å²) in [7, 11) is 0. The molecule has 0 aromatic heterocycles. The van der Waals surface area contributed by atoms with E-state index in [2.05, 4.69) is 12.1 Å². The third-order valence-corrected chi connectivity index (χ3v) is 7.65. The highest BCUT2D eigenvalue weighted by Gasteiger charge is 2.27. The molecule has 2 atom stereocenters. The summed E-state index contributed by atoms with van der Waals surface area (Å²) in [5, 5.41) is 0. The van der Waals surface area contributed by atoms with Crippen LogP contribution in [0.3, 0.4) is 0 Å². The number of Topliss-reactive ketones (excluding diaryl/α,β-unsaturated/α-hetero) is 1. The van der Waals surface area contributed by atoms with Crippen molar-refractivity contribution in [3.8, 4) is 11.5 Å². The molecule has 3 aromatic rings. The van der Waals surface area contributed by atoms with E-state index in [1.807, 2.05) is 36.4 Å². The van der Waals surface area contributed by atoms with Crippen LogP contribution >= 0.6 is 0 Å². The van der Waals surface area contributed by atoms with Crippen LogP contribution in [0, 0.1) is 17.7 Å². The van der Waals surface area contributed by atoms with Crippen LogP contribution in [0.2, 0.25) is 0 Å². The van der Waals surface area contributed by atoms with E-state index in [1.54, 1.807) is 12.1 Å². The number of hydrogen-bond donors (Lipinski definition) is 0. The van der Waals surface area contributed by atoms with Gasteiger partial charge in [-0.3, -0.25) is 4.79 Å². The van der Waals surface area contributed by atoms with Crippen LogP contribution in [0.5, 0.6) is 11.5 Å². The van der Waals surface area contributed by atoms with Gasteiger partial charge in [0.15, 0.2) is 5.78 Å². The maximum absolute atomic E-state index is 13.1. The van der Waals surface area contributed by atoms with Gasteiger partial charge in [0.2, 0.25) is 0 Å². The van der Waals surface area contributed by atoms with E-state index in [1.165, 1.54) is 43.4 Å². The van der Waals surface area contributed by atoms with Crippen molar-refractivity contribution >= 4 is 5.78 Å². The van der Waals surface area contributed by atoms with E-state index >= 15 is 0 Å². The minimum absolute atomic E-state index is 0.236. The Kier molecular flexibility index (Phi) is 8.00. The third kappa shape index (κ3) is 6.75. The Morgan fingerprint density at radius 1 is 0.778 bits per heavy atom. The van der Waals surface area contributed by atoms with E-state index in [-0.39, 0.29) is 11.6 Å². The lowest BCUT2D eigenvalue weighted by Crippen LogP contribution is -2.24. The first-order chi connectivity index (χ1) is 17.6. The molecule has 0 saturated heterocycles. The van der Waals surface area contributed by atoms with Gasteiger partial charge in [-0.05, 0) is 96.7 Å². The van der Waals surface area contributed by atoms with Crippen molar-refractivity contribution < 1.29 is 18.7 Å². The number of hydrogen-bond acceptors (Lipinski definition) is 3. The summed E-state index contributed by atoms with van der Waals surface area (Å²) < 4.78 is 25.2. The number of benzene rings is 3. The molecule has 2 saturated carbocycles. The fourth-order valence-electron chi connectivity index (χ4n) is 5.23. The van der Waals surface area contributed by atoms with Gasteiger partial charge in [-0.1, -0.05) is 49.9 Å². The number of rotatable bonds is 11. The lowest BCUT2D eigenvalue weighted by atomic mass is 9.76. The second kappa shape index (κ2) is 11.7. The zero-order valence-corrected chi connectivity index (χ0v) is 20.8. The molecule has 3 aromatic carbocycles. The highest BCUT2D eigenvalue weighted by Crippen LogP contribution is 2.39. The smallest absolute Gasteiger partial charge is 0.162 e. The molecular formula is C32H35FO3. The lowest BCUT2D eigenvalue weighted by molar-refractivity contribution is 0.0978. The Bertz CT molecular complexity index is 1120. The van der Waals surface area contributed by atoms with Crippen molar-refractivity contribution in [3.63, 3.8) is 0 Å². The van der Waals surface area contributed by atoms with Crippen molar-refractivity contribution in [2.75, 3.05) is 6.61 Å². The lowest BCUT2D eigenvalue weighted by Gasteiger charge is -2.32. The van der Waals surface area contributed by atoms with E-state index in [4.69, 9.17) is 9.47 Å². The predicted octanol–water partition coefficient (Wildman–Crippen LogP) is 8.13. The largest absolute Gasteiger partial charge is 0.493 e. The third-order valence-electron chi connectivity index (χ3n) is 7.65. The van der Waals surface area contributed by atoms with E-state index in [0.717, 1.165) is 47.8 Å². The zero-order valence-electron chi connectivity index (χ0n) is 20.8. The van der Waals surface area contributed by atoms with Crippen LogP contribution in [0.1, 0.15) is 78.8 Å². The molecule has 0 aliphatic heterocycles. The van der Waals surface area contributed by atoms with Crippen molar-refractivity contribution in [3.05, 3.63) is 95.3 Å². The number of carbonyl (C=O) groups excluding carboxylic acids is 1.